The van der Waals surface area contributed by atoms with Crippen LogP contribution in [-0.2, 0) is 4.84 Å². The van der Waals surface area contributed by atoms with Crippen molar-refractivity contribution in [3.05, 3.63) is 66.5 Å². The van der Waals surface area contributed by atoms with Crippen LogP contribution in [0.4, 0.5) is 23.0 Å². The van der Waals surface area contributed by atoms with Gasteiger partial charge in [-0.15, -0.1) is 0 Å². The molecule has 2 aromatic carbocycles. The van der Waals surface area contributed by atoms with Crippen molar-refractivity contribution in [2.45, 2.75) is 31.3 Å². The molecule has 0 saturated carbocycles. The molecule has 206 valence electrons. The molecule has 0 bridgehead atoms. The number of hydroxylamine groups is 1. The Morgan fingerprint density at radius 2 is 1.69 bits per heavy atom. The van der Waals surface area contributed by atoms with E-state index >= 15 is 0 Å². The van der Waals surface area contributed by atoms with Crippen molar-refractivity contribution in [2.24, 2.45) is 0 Å². The van der Waals surface area contributed by atoms with Crippen LogP contribution in [0.1, 0.15) is 30.9 Å². The number of nitrogens with zero attached hydrogens (tertiary/aromatic N) is 6. The molecule has 1 N–H and O–H groups in total. The van der Waals surface area contributed by atoms with Gasteiger partial charge in [-0.05, 0) is 37.6 Å². The third kappa shape index (κ3) is 5.80. The van der Waals surface area contributed by atoms with E-state index in [1.54, 1.807) is 13.4 Å². The minimum absolute atomic E-state index is 0.128. The Morgan fingerprint density at radius 3 is 2.46 bits per heavy atom. The normalized spacial score (nSPS) is 21.3. The van der Waals surface area contributed by atoms with Gasteiger partial charge in [0.1, 0.15) is 17.9 Å². The maximum Gasteiger partial charge on any atom is 0.158 e. The number of hydrogen-bond donors (Lipinski definition) is 1. The molecule has 3 aliphatic rings. The molecule has 1 aromatic heterocycles. The molecular formula is C30H39N7O2. The van der Waals surface area contributed by atoms with Gasteiger partial charge in [-0.1, -0.05) is 30.3 Å². The van der Waals surface area contributed by atoms with Crippen LogP contribution in [0.25, 0.3) is 0 Å². The third-order valence-electron chi connectivity index (χ3n) is 8.30. The van der Waals surface area contributed by atoms with Crippen LogP contribution in [0.2, 0.25) is 0 Å². The first-order chi connectivity index (χ1) is 19.2. The Morgan fingerprint density at radius 1 is 0.897 bits per heavy atom. The summed E-state index contributed by atoms with van der Waals surface area (Å²) in [4.78, 5) is 22.5. The smallest absolute Gasteiger partial charge is 0.158 e. The van der Waals surface area contributed by atoms with Crippen molar-refractivity contribution >= 4 is 23.0 Å². The molecule has 1 atom stereocenters. The Balaban J connectivity index is 1.12. The summed E-state index contributed by atoms with van der Waals surface area (Å²) in [7, 11) is 3.94. The number of anilines is 4. The molecule has 39 heavy (non-hydrogen) atoms. The third-order valence-corrected chi connectivity index (χ3v) is 8.30. The predicted molar refractivity (Wildman–Crippen MR) is 155 cm³/mol. The topological polar surface area (TPSA) is 69.2 Å². The lowest BCUT2D eigenvalue weighted by Gasteiger charge is -2.42. The van der Waals surface area contributed by atoms with Crippen molar-refractivity contribution in [1.29, 1.82) is 0 Å². The number of rotatable bonds is 7. The number of piperidine rings is 1. The summed E-state index contributed by atoms with van der Waals surface area (Å²) in [5.74, 6) is 2.23. The van der Waals surface area contributed by atoms with E-state index in [9.17, 15) is 0 Å². The van der Waals surface area contributed by atoms with Gasteiger partial charge in [-0.2, -0.15) is 0 Å². The van der Waals surface area contributed by atoms with Gasteiger partial charge in [0.15, 0.2) is 5.82 Å². The SMILES string of the molecule is COc1cc(N2CCC(N3CCN(C)CC3)CC2)ccc1Nc1cc(N2OCC[C@@H]2c2ccccc2)ncn1. The van der Waals surface area contributed by atoms with Crippen LogP contribution in [0.3, 0.4) is 0 Å². The van der Waals surface area contributed by atoms with Gasteiger partial charge in [-0.3, -0.25) is 9.74 Å². The zero-order valence-electron chi connectivity index (χ0n) is 23.0. The minimum Gasteiger partial charge on any atom is -0.494 e. The molecule has 0 spiro atoms. The van der Waals surface area contributed by atoms with E-state index < -0.39 is 0 Å². The van der Waals surface area contributed by atoms with E-state index in [2.05, 4.69) is 79.5 Å². The van der Waals surface area contributed by atoms with Gasteiger partial charge in [-0.25, -0.2) is 15.0 Å². The summed E-state index contributed by atoms with van der Waals surface area (Å²) >= 11 is 0. The second-order valence-corrected chi connectivity index (χ2v) is 10.7. The zero-order valence-corrected chi connectivity index (χ0v) is 23.0. The standard InChI is InChI=1S/C30H39N7O2/c1-34-15-17-36(18-16-34)24-10-13-35(14-11-24)25-8-9-26(28(20-25)38-2)33-29-21-30(32-22-31-29)37-27(12-19-39-37)23-6-4-3-5-7-23/h3-9,20-22,24,27H,10-19H2,1-2H3,(H,31,32,33)/t27-/m1/s1. The lowest BCUT2D eigenvalue weighted by molar-refractivity contribution is 0.0982. The average molecular weight is 530 g/mol. The van der Waals surface area contributed by atoms with E-state index in [1.165, 1.54) is 50.3 Å². The minimum atomic E-state index is 0.128. The highest BCUT2D eigenvalue weighted by Crippen LogP contribution is 2.36. The Labute approximate surface area is 231 Å². The highest BCUT2D eigenvalue weighted by atomic mass is 16.7. The van der Waals surface area contributed by atoms with Crippen LogP contribution >= 0.6 is 0 Å². The lowest BCUT2D eigenvalue weighted by Crippen LogP contribution is -2.52. The van der Waals surface area contributed by atoms with Crippen molar-refractivity contribution in [3.63, 3.8) is 0 Å². The summed E-state index contributed by atoms with van der Waals surface area (Å²) in [6.45, 7) is 7.54. The average Bonchev–Trinajstić information content (AvgIpc) is 3.49. The number of hydrogen-bond acceptors (Lipinski definition) is 9. The molecule has 6 rings (SSSR count). The summed E-state index contributed by atoms with van der Waals surface area (Å²) in [5.41, 5.74) is 3.29. The number of aromatic nitrogens is 2. The van der Waals surface area contributed by atoms with Gasteiger partial charge >= 0.3 is 0 Å². The van der Waals surface area contributed by atoms with Crippen LogP contribution < -0.4 is 20.0 Å². The molecule has 0 aliphatic carbocycles. The molecule has 3 fully saturated rings. The van der Waals surface area contributed by atoms with Crippen molar-refractivity contribution in [3.8, 4) is 5.75 Å². The summed E-state index contributed by atoms with van der Waals surface area (Å²) < 4.78 is 5.80. The largest absolute Gasteiger partial charge is 0.494 e. The van der Waals surface area contributed by atoms with Crippen molar-refractivity contribution in [1.82, 2.24) is 19.8 Å². The first-order valence-electron chi connectivity index (χ1n) is 14.1. The highest BCUT2D eigenvalue weighted by molar-refractivity contribution is 5.70. The van der Waals surface area contributed by atoms with Crippen LogP contribution in [0.15, 0.2) is 60.9 Å². The number of ether oxygens (including phenoxy) is 1. The Hall–Kier alpha value is -3.40. The highest BCUT2D eigenvalue weighted by Gasteiger charge is 2.29. The van der Waals surface area contributed by atoms with Crippen LogP contribution in [0.5, 0.6) is 5.75 Å². The second-order valence-electron chi connectivity index (χ2n) is 10.7. The molecule has 9 nitrogen and oxygen atoms in total. The molecular weight excluding hydrogens is 490 g/mol. The molecule has 0 unspecified atom stereocenters. The fourth-order valence-electron chi connectivity index (χ4n) is 6.00. The van der Waals surface area contributed by atoms with Gasteiger partial charge < -0.3 is 19.9 Å². The van der Waals surface area contributed by atoms with E-state index in [-0.39, 0.29) is 6.04 Å². The summed E-state index contributed by atoms with van der Waals surface area (Å²) in [5, 5.41) is 5.34. The number of piperazine rings is 1. The quantitative estimate of drug-likeness (QED) is 0.482. The van der Waals surface area contributed by atoms with E-state index in [1.807, 2.05) is 17.2 Å². The van der Waals surface area contributed by atoms with Crippen molar-refractivity contribution < 1.29 is 9.57 Å². The maximum absolute atomic E-state index is 5.97. The first kappa shape index (κ1) is 25.9. The van der Waals surface area contributed by atoms with Gasteiger partial charge in [0, 0.05) is 69.6 Å². The zero-order chi connectivity index (χ0) is 26.6. The first-order valence-corrected chi connectivity index (χ1v) is 14.1. The fraction of sp³-hybridized carbons (Fsp3) is 0.467. The van der Waals surface area contributed by atoms with Gasteiger partial charge in [0.2, 0.25) is 0 Å². The number of benzene rings is 2. The fourth-order valence-corrected chi connectivity index (χ4v) is 6.00. The van der Waals surface area contributed by atoms with Crippen molar-refractivity contribution in [2.75, 3.05) is 75.3 Å². The second kappa shape index (κ2) is 11.8. The molecule has 3 aromatic rings. The predicted octanol–water partition coefficient (Wildman–Crippen LogP) is 4.33. The summed E-state index contributed by atoms with van der Waals surface area (Å²) in [6, 6.07) is 19.6. The summed E-state index contributed by atoms with van der Waals surface area (Å²) in [6.07, 6.45) is 4.90. The van der Waals surface area contributed by atoms with E-state index in [4.69, 9.17) is 9.57 Å². The van der Waals surface area contributed by atoms with E-state index in [0.717, 1.165) is 36.8 Å². The Bertz CT molecular complexity index is 1230. The number of methoxy groups -OCH3 is 1. The lowest BCUT2D eigenvalue weighted by atomic mass is 10.0. The molecule has 0 radical (unpaired) electrons. The Kier molecular flexibility index (Phi) is 7.81. The maximum atomic E-state index is 5.97. The molecule has 9 heteroatoms. The molecule has 0 amide bonds. The molecule has 3 aliphatic heterocycles. The monoisotopic (exact) mass is 529 g/mol. The van der Waals surface area contributed by atoms with Crippen LogP contribution in [-0.4, -0.2) is 85.8 Å². The molecule has 4 heterocycles. The number of likely N-dealkylation sites (N-methyl/N-ethyl adjacent to an activating group) is 1. The van der Waals surface area contributed by atoms with Gasteiger partial charge in [0.25, 0.3) is 0 Å². The van der Waals surface area contributed by atoms with E-state index in [0.29, 0.717) is 18.5 Å². The number of nitrogens with one attached hydrogen (secondary N) is 1. The van der Waals surface area contributed by atoms with Crippen LogP contribution in [0, 0.1) is 0 Å². The van der Waals surface area contributed by atoms with Gasteiger partial charge in [0.05, 0.1) is 25.4 Å². The molecule has 3 saturated heterocycles.